The lowest BCUT2D eigenvalue weighted by Gasteiger charge is -2.16. The van der Waals surface area contributed by atoms with Gasteiger partial charge in [0.25, 0.3) is 0 Å². The number of carbonyl (C=O) groups is 1. The zero-order valence-electron chi connectivity index (χ0n) is 12.0. The number of hydrogen-bond donors (Lipinski definition) is 2. The van der Waals surface area contributed by atoms with Crippen molar-refractivity contribution in [3.05, 3.63) is 41.4 Å². The van der Waals surface area contributed by atoms with Gasteiger partial charge in [-0.1, -0.05) is 30.3 Å². The molecule has 1 aromatic heterocycles. The molecule has 0 radical (unpaired) electrons. The lowest BCUT2D eigenvalue weighted by atomic mass is 10.2. The molecule has 6 heteroatoms. The molecule has 1 aromatic carbocycles. The summed E-state index contributed by atoms with van der Waals surface area (Å²) >= 11 is 1.61. The lowest BCUT2D eigenvalue weighted by molar-refractivity contribution is 0.190. The number of aliphatic hydroxyl groups excluding tert-OH is 1. The number of hydrogen-bond acceptors (Lipinski definition) is 4. The number of thiazole rings is 1. The first-order valence-electron chi connectivity index (χ1n) is 6.80. The first-order chi connectivity index (χ1) is 10.2. The average molecular weight is 305 g/mol. The third kappa shape index (κ3) is 4.54. The number of aromatic nitrogens is 1. The van der Waals surface area contributed by atoms with Crippen molar-refractivity contribution < 1.29 is 9.90 Å². The Bertz CT molecular complexity index is 571. The number of urea groups is 1. The van der Waals surface area contributed by atoms with Crippen LogP contribution in [0.15, 0.2) is 35.7 Å². The molecule has 2 rings (SSSR count). The number of aliphatic hydroxyl groups is 1. The topological polar surface area (TPSA) is 65.5 Å². The predicted molar refractivity (Wildman–Crippen MR) is 84.4 cm³/mol. The molecule has 0 saturated heterocycles. The van der Waals surface area contributed by atoms with Crippen molar-refractivity contribution in [2.75, 3.05) is 26.7 Å². The Kier molecular flexibility index (Phi) is 5.71. The van der Waals surface area contributed by atoms with Gasteiger partial charge in [-0.2, -0.15) is 0 Å². The van der Waals surface area contributed by atoms with E-state index in [1.807, 2.05) is 35.7 Å². The maximum absolute atomic E-state index is 11.6. The molecule has 0 aliphatic carbocycles. The lowest BCUT2D eigenvalue weighted by Crippen LogP contribution is -2.39. The summed E-state index contributed by atoms with van der Waals surface area (Å²) in [5.41, 5.74) is 2.09. The molecule has 0 spiro atoms. The smallest absolute Gasteiger partial charge is 0.317 e. The van der Waals surface area contributed by atoms with Crippen molar-refractivity contribution in [3.63, 3.8) is 0 Å². The van der Waals surface area contributed by atoms with Crippen molar-refractivity contribution in [1.82, 2.24) is 15.2 Å². The van der Waals surface area contributed by atoms with E-state index in [1.54, 1.807) is 18.4 Å². The van der Waals surface area contributed by atoms with Gasteiger partial charge in [-0.3, -0.25) is 0 Å². The maximum Gasteiger partial charge on any atom is 0.317 e. The van der Waals surface area contributed by atoms with Crippen LogP contribution in [0.1, 0.15) is 5.69 Å². The van der Waals surface area contributed by atoms with E-state index in [4.69, 9.17) is 5.11 Å². The largest absolute Gasteiger partial charge is 0.395 e. The monoisotopic (exact) mass is 305 g/mol. The summed E-state index contributed by atoms with van der Waals surface area (Å²) in [5.74, 6) is 0. The molecule has 1 heterocycles. The van der Waals surface area contributed by atoms with Crippen LogP contribution in [-0.4, -0.2) is 47.8 Å². The van der Waals surface area contributed by atoms with Crippen LogP contribution in [-0.2, 0) is 6.42 Å². The average Bonchev–Trinajstić information content (AvgIpc) is 2.97. The maximum atomic E-state index is 11.6. The quantitative estimate of drug-likeness (QED) is 0.858. The van der Waals surface area contributed by atoms with E-state index in [1.165, 1.54) is 4.90 Å². The number of carbonyl (C=O) groups excluding carboxylic acids is 1. The fourth-order valence-corrected chi connectivity index (χ4v) is 2.68. The molecule has 0 fully saturated rings. The van der Waals surface area contributed by atoms with Crippen molar-refractivity contribution in [1.29, 1.82) is 0 Å². The molecule has 2 N–H and O–H groups in total. The number of nitrogens with zero attached hydrogens (tertiary/aromatic N) is 2. The molecule has 0 saturated carbocycles. The summed E-state index contributed by atoms with van der Waals surface area (Å²) in [6.07, 6.45) is 0.696. The van der Waals surface area contributed by atoms with E-state index in [9.17, 15) is 4.79 Å². The van der Waals surface area contributed by atoms with E-state index >= 15 is 0 Å². The highest BCUT2D eigenvalue weighted by Crippen LogP contribution is 2.23. The Hall–Kier alpha value is -1.92. The van der Waals surface area contributed by atoms with Crippen LogP contribution in [0.5, 0.6) is 0 Å². The zero-order valence-corrected chi connectivity index (χ0v) is 12.8. The fourth-order valence-electron chi connectivity index (χ4n) is 1.82. The molecular weight excluding hydrogens is 286 g/mol. The van der Waals surface area contributed by atoms with Crippen molar-refractivity contribution in [3.8, 4) is 10.6 Å². The molecule has 21 heavy (non-hydrogen) atoms. The molecule has 2 amide bonds. The summed E-state index contributed by atoms with van der Waals surface area (Å²) < 4.78 is 0. The molecular formula is C15H19N3O2S. The minimum absolute atomic E-state index is 0.0313. The number of amides is 2. The molecule has 112 valence electrons. The van der Waals surface area contributed by atoms with Gasteiger partial charge < -0.3 is 15.3 Å². The molecule has 0 aliphatic heterocycles. The van der Waals surface area contributed by atoms with Gasteiger partial charge >= 0.3 is 6.03 Å². The normalized spacial score (nSPS) is 10.4. The highest BCUT2D eigenvalue weighted by Gasteiger charge is 2.08. The van der Waals surface area contributed by atoms with Gasteiger partial charge in [-0.05, 0) is 0 Å². The van der Waals surface area contributed by atoms with Gasteiger partial charge in [0.05, 0.1) is 12.3 Å². The third-order valence-corrected chi connectivity index (χ3v) is 3.95. The predicted octanol–water partition coefficient (Wildman–Crippen LogP) is 1.99. The molecule has 2 aromatic rings. The van der Waals surface area contributed by atoms with Crippen LogP contribution in [0.25, 0.3) is 10.6 Å². The Balaban J connectivity index is 1.82. The summed E-state index contributed by atoms with van der Waals surface area (Å²) in [4.78, 5) is 17.7. The molecule has 5 nitrogen and oxygen atoms in total. The minimum Gasteiger partial charge on any atom is -0.395 e. The van der Waals surface area contributed by atoms with Gasteiger partial charge in [-0.15, -0.1) is 11.3 Å². The van der Waals surface area contributed by atoms with E-state index < -0.39 is 0 Å². The van der Waals surface area contributed by atoms with Gasteiger partial charge in [-0.25, -0.2) is 9.78 Å². The van der Waals surface area contributed by atoms with E-state index in [0.717, 1.165) is 16.3 Å². The second kappa shape index (κ2) is 7.75. The van der Waals surface area contributed by atoms with Crippen LogP contribution < -0.4 is 5.32 Å². The number of rotatable bonds is 6. The first-order valence-corrected chi connectivity index (χ1v) is 7.68. The van der Waals surface area contributed by atoms with Crippen LogP contribution in [0.2, 0.25) is 0 Å². The Morgan fingerprint density at radius 1 is 1.38 bits per heavy atom. The van der Waals surface area contributed by atoms with Gasteiger partial charge in [0.1, 0.15) is 5.01 Å². The highest BCUT2D eigenvalue weighted by atomic mass is 32.1. The summed E-state index contributed by atoms with van der Waals surface area (Å²) in [5, 5.41) is 14.6. The second-order valence-corrected chi connectivity index (χ2v) is 5.50. The standard InChI is InChI=1S/C15H19N3O2S/c1-18(9-10-19)15(20)16-8-7-13-11-21-14(17-13)12-5-3-2-4-6-12/h2-6,11,19H,7-10H2,1H3,(H,16,20). The minimum atomic E-state index is -0.178. The summed E-state index contributed by atoms with van der Waals surface area (Å²) in [6, 6.07) is 9.86. The third-order valence-electron chi connectivity index (χ3n) is 3.01. The Labute approximate surface area is 128 Å². The second-order valence-electron chi connectivity index (χ2n) is 4.64. The van der Waals surface area contributed by atoms with Crippen LogP contribution >= 0.6 is 11.3 Å². The van der Waals surface area contributed by atoms with Crippen LogP contribution in [0.3, 0.4) is 0 Å². The Morgan fingerprint density at radius 3 is 2.86 bits per heavy atom. The van der Waals surface area contributed by atoms with Crippen LogP contribution in [0.4, 0.5) is 4.79 Å². The van der Waals surface area contributed by atoms with Gasteiger partial charge in [0.15, 0.2) is 0 Å². The van der Waals surface area contributed by atoms with Gasteiger partial charge in [0.2, 0.25) is 0 Å². The number of likely N-dealkylation sites (N-methyl/N-ethyl adjacent to an activating group) is 1. The highest BCUT2D eigenvalue weighted by molar-refractivity contribution is 7.13. The fraction of sp³-hybridized carbons (Fsp3) is 0.333. The first kappa shape index (κ1) is 15.5. The SMILES string of the molecule is CN(CCO)C(=O)NCCc1csc(-c2ccccc2)n1. The van der Waals surface area contributed by atoms with E-state index in [0.29, 0.717) is 19.5 Å². The van der Waals surface area contributed by atoms with Crippen LogP contribution in [0, 0.1) is 0 Å². The summed E-state index contributed by atoms with van der Waals surface area (Å²) in [6.45, 7) is 0.837. The van der Waals surface area contributed by atoms with Crippen molar-refractivity contribution in [2.24, 2.45) is 0 Å². The van der Waals surface area contributed by atoms with E-state index in [-0.39, 0.29) is 12.6 Å². The number of nitrogens with one attached hydrogen (secondary N) is 1. The molecule has 0 unspecified atom stereocenters. The molecule has 0 atom stereocenters. The van der Waals surface area contributed by atoms with Crippen molar-refractivity contribution >= 4 is 17.4 Å². The van der Waals surface area contributed by atoms with Crippen molar-refractivity contribution in [2.45, 2.75) is 6.42 Å². The Morgan fingerprint density at radius 2 is 2.14 bits per heavy atom. The molecule has 0 bridgehead atoms. The van der Waals surface area contributed by atoms with E-state index in [2.05, 4.69) is 10.3 Å². The number of benzene rings is 1. The summed E-state index contributed by atoms with van der Waals surface area (Å²) in [7, 11) is 1.65. The zero-order chi connectivity index (χ0) is 15.1. The van der Waals surface area contributed by atoms with Gasteiger partial charge in [0, 0.05) is 37.5 Å². The molecule has 0 aliphatic rings.